The van der Waals surface area contributed by atoms with Crippen LogP contribution >= 0.6 is 0 Å². The molecule has 0 spiro atoms. The van der Waals surface area contributed by atoms with E-state index in [9.17, 15) is 19.8 Å². The molecule has 0 rings (SSSR count). The van der Waals surface area contributed by atoms with Crippen molar-refractivity contribution >= 4 is 11.9 Å². The van der Waals surface area contributed by atoms with Crippen molar-refractivity contribution < 1.29 is 24.5 Å². The van der Waals surface area contributed by atoms with Gasteiger partial charge in [-0.25, -0.2) is 0 Å². The highest BCUT2D eigenvalue weighted by molar-refractivity contribution is 5.76. The first-order valence-electron chi connectivity index (χ1n) is 36.8. The van der Waals surface area contributed by atoms with E-state index in [4.69, 9.17) is 4.74 Å². The van der Waals surface area contributed by atoms with Crippen molar-refractivity contribution in [3.8, 4) is 0 Å². The van der Waals surface area contributed by atoms with E-state index in [0.29, 0.717) is 19.4 Å². The number of carbonyl (C=O) groups is 2. The third-order valence-electron chi connectivity index (χ3n) is 17.2. The van der Waals surface area contributed by atoms with Gasteiger partial charge in [0.2, 0.25) is 5.91 Å². The predicted molar refractivity (Wildman–Crippen MR) is 356 cm³/mol. The van der Waals surface area contributed by atoms with E-state index in [1.807, 2.05) is 6.08 Å². The number of aliphatic hydroxyl groups excluding tert-OH is 2. The van der Waals surface area contributed by atoms with Gasteiger partial charge >= 0.3 is 5.97 Å². The molecule has 0 saturated carbocycles. The van der Waals surface area contributed by atoms with E-state index in [0.717, 1.165) is 51.4 Å². The van der Waals surface area contributed by atoms with Gasteiger partial charge in [-0.1, -0.05) is 365 Å². The maximum Gasteiger partial charge on any atom is 0.305 e. The number of allylic oxidation sites excluding steroid dienone is 5. The fourth-order valence-electron chi connectivity index (χ4n) is 11.6. The Balaban J connectivity index is 3.38. The number of rotatable bonds is 69. The lowest BCUT2D eigenvalue weighted by molar-refractivity contribution is -0.143. The summed E-state index contributed by atoms with van der Waals surface area (Å²) >= 11 is 0. The first-order valence-corrected chi connectivity index (χ1v) is 36.8. The van der Waals surface area contributed by atoms with Crippen LogP contribution in [0.1, 0.15) is 406 Å². The monoisotopic (exact) mass is 1140 g/mol. The van der Waals surface area contributed by atoms with Gasteiger partial charge in [0.15, 0.2) is 0 Å². The predicted octanol–water partition coefficient (Wildman–Crippen LogP) is 23.9. The molecule has 0 heterocycles. The van der Waals surface area contributed by atoms with Crippen LogP contribution in [-0.4, -0.2) is 47.4 Å². The Kier molecular flexibility index (Phi) is 68.9. The summed E-state index contributed by atoms with van der Waals surface area (Å²) in [5.41, 5.74) is 0. The second kappa shape index (κ2) is 70.6. The van der Waals surface area contributed by atoms with Crippen molar-refractivity contribution in [3.63, 3.8) is 0 Å². The minimum Gasteiger partial charge on any atom is -0.466 e. The summed E-state index contributed by atoms with van der Waals surface area (Å²) in [4.78, 5) is 24.7. The van der Waals surface area contributed by atoms with Crippen LogP contribution in [0.15, 0.2) is 36.5 Å². The van der Waals surface area contributed by atoms with E-state index >= 15 is 0 Å². The molecule has 2 atom stereocenters. The van der Waals surface area contributed by atoms with Crippen LogP contribution in [0.4, 0.5) is 0 Å². The minimum absolute atomic E-state index is 0.0119. The molecule has 0 bridgehead atoms. The summed E-state index contributed by atoms with van der Waals surface area (Å²) in [6, 6.07) is -0.628. The Morgan fingerprint density at radius 1 is 0.346 bits per heavy atom. The molecule has 0 aliphatic carbocycles. The van der Waals surface area contributed by atoms with Crippen molar-refractivity contribution in [2.45, 2.75) is 418 Å². The Morgan fingerprint density at radius 3 is 0.963 bits per heavy atom. The van der Waals surface area contributed by atoms with Crippen molar-refractivity contribution in [2.75, 3.05) is 13.2 Å². The van der Waals surface area contributed by atoms with E-state index in [1.54, 1.807) is 6.08 Å². The zero-order valence-electron chi connectivity index (χ0n) is 54.8. The zero-order chi connectivity index (χ0) is 58.5. The van der Waals surface area contributed by atoms with Crippen LogP contribution in [0, 0.1) is 0 Å². The van der Waals surface area contributed by atoms with Crippen molar-refractivity contribution in [1.82, 2.24) is 5.32 Å². The van der Waals surface area contributed by atoms with E-state index in [2.05, 4.69) is 43.5 Å². The van der Waals surface area contributed by atoms with Gasteiger partial charge in [0.25, 0.3) is 0 Å². The van der Waals surface area contributed by atoms with Crippen LogP contribution in [0.2, 0.25) is 0 Å². The van der Waals surface area contributed by atoms with Gasteiger partial charge in [0.1, 0.15) is 0 Å². The standard InChI is InChI=1S/C75H143NO5/c1-3-5-7-9-11-13-15-17-19-21-23-28-32-35-39-43-47-51-55-59-63-67-73(78)72(71-77)76-74(79)68-64-60-56-52-48-44-40-36-33-29-26-24-25-27-30-34-38-42-46-50-54-58-62-66-70-81-75(80)69-65-61-57-53-49-45-41-37-31-22-20-18-16-14-12-10-8-6-4-2/h12,14,18,20,63,67,72-73,77-78H,3-11,13,15-17,19,21-62,64-66,68-71H2,1-2H3,(H,76,79)/b14-12-,20-18-,67-63+. The molecule has 0 aliphatic rings. The van der Waals surface area contributed by atoms with Gasteiger partial charge in [-0.2, -0.15) is 0 Å². The molecule has 3 N–H and O–H groups in total. The minimum atomic E-state index is -0.845. The van der Waals surface area contributed by atoms with Crippen molar-refractivity contribution in [1.29, 1.82) is 0 Å². The third-order valence-corrected chi connectivity index (χ3v) is 17.2. The molecule has 6 nitrogen and oxygen atoms in total. The average molecular weight is 1140 g/mol. The molecule has 0 aromatic carbocycles. The number of aliphatic hydroxyl groups is 2. The van der Waals surface area contributed by atoms with E-state index < -0.39 is 12.1 Å². The summed E-state index contributed by atoms with van der Waals surface area (Å²) in [7, 11) is 0. The Hall–Kier alpha value is -1.92. The maximum atomic E-state index is 12.5. The Labute approximate surface area is 506 Å². The molecule has 1 amide bonds. The highest BCUT2D eigenvalue weighted by Gasteiger charge is 2.18. The largest absolute Gasteiger partial charge is 0.466 e. The number of esters is 1. The van der Waals surface area contributed by atoms with Gasteiger partial charge in [0, 0.05) is 12.8 Å². The van der Waals surface area contributed by atoms with Crippen molar-refractivity contribution in [2.24, 2.45) is 0 Å². The lowest BCUT2D eigenvalue weighted by atomic mass is 10.0. The van der Waals surface area contributed by atoms with Crippen LogP contribution in [0.3, 0.4) is 0 Å². The van der Waals surface area contributed by atoms with Crippen LogP contribution in [-0.2, 0) is 14.3 Å². The third kappa shape index (κ3) is 67.1. The summed E-state index contributed by atoms with van der Waals surface area (Å²) in [5.74, 6) is -0.0510. The molecule has 0 aromatic heterocycles. The molecule has 0 fully saturated rings. The lowest BCUT2D eigenvalue weighted by Gasteiger charge is -2.20. The molecule has 0 aromatic rings. The fraction of sp³-hybridized carbons (Fsp3) is 0.893. The molecule has 0 aliphatic heterocycles. The Bertz CT molecular complexity index is 1310. The Morgan fingerprint density at radius 2 is 0.617 bits per heavy atom. The molecular weight excluding hydrogens is 995 g/mol. The smallest absolute Gasteiger partial charge is 0.305 e. The van der Waals surface area contributed by atoms with Crippen molar-refractivity contribution in [3.05, 3.63) is 36.5 Å². The molecule has 6 heteroatoms. The zero-order valence-corrected chi connectivity index (χ0v) is 54.8. The van der Waals surface area contributed by atoms with E-state index in [1.165, 1.54) is 327 Å². The number of amides is 1. The second-order valence-electron chi connectivity index (χ2n) is 25.3. The van der Waals surface area contributed by atoms with Gasteiger partial charge in [-0.3, -0.25) is 9.59 Å². The topological polar surface area (TPSA) is 95.9 Å². The van der Waals surface area contributed by atoms with Crippen LogP contribution in [0.25, 0.3) is 0 Å². The molecule has 81 heavy (non-hydrogen) atoms. The highest BCUT2D eigenvalue weighted by Crippen LogP contribution is 2.19. The molecule has 478 valence electrons. The van der Waals surface area contributed by atoms with Crippen LogP contribution in [0.5, 0.6) is 0 Å². The SMILES string of the molecule is CCCCC/C=C\C/C=C\CCCCCCCCCCCC(=O)OCCCCCCCCCCCCCCCCCCCCCCCCCCC(=O)NC(CO)C(O)/C=C/CCCCCCCCCCCCCCCCCCCCC. The summed E-state index contributed by atoms with van der Waals surface area (Å²) < 4.78 is 5.51. The lowest BCUT2D eigenvalue weighted by Crippen LogP contribution is -2.45. The summed E-state index contributed by atoms with van der Waals surface area (Å²) in [5, 5.41) is 23.3. The average Bonchev–Trinajstić information content (AvgIpc) is 3.47. The maximum absolute atomic E-state index is 12.5. The number of hydrogen-bond acceptors (Lipinski definition) is 5. The second-order valence-corrected chi connectivity index (χ2v) is 25.3. The molecular formula is C75H143NO5. The number of nitrogens with one attached hydrogen (secondary N) is 1. The summed E-state index contributed by atoms with van der Waals surface area (Å²) in [6.45, 7) is 4.92. The van der Waals surface area contributed by atoms with Gasteiger partial charge in [-0.05, 0) is 64.2 Å². The first kappa shape index (κ1) is 79.1. The normalized spacial score (nSPS) is 12.7. The van der Waals surface area contributed by atoms with Gasteiger partial charge in [0.05, 0.1) is 25.4 Å². The molecule has 2 unspecified atom stereocenters. The number of carbonyl (C=O) groups excluding carboxylic acids is 2. The highest BCUT2D eigenvalue weighted by atomic mass is 16.5. The molecule has 0 radical (unpaired) electrons. The molecule has 0 saturated heterocycles. The van der Waals surface area contributed by atoms with E-state index in [-0.39, 0.29) is 18.5 Å². The number of hydrogen-bond donors (Lipinski definition) is 3. The number of unbranched alkanes of at least 4 members (excludes halogenated alkanes) is 54. The van der Waals surface area contributed by atoms with Gasteiger partial charge in [-0.15, -0.1) is 0 Å². The first-order chi connectivity index (χ1) is 40.0. The number of ether oxygens (including phenoxy) is 1. The summed E-state index contributed by atoms with van der Waals surface area (Å²) in [6.07, 6.45) is 90.8. The van der Waals surface area contributed by atoms with Gasteiger partial charge < -0.3 is 20.3 Å². The quantitative estimate of drug-likeness (QED) is 0.0320. The van der Waals surface area contributed by atoms with Crippen LogP contribution < -0.4 is 5.32 Å². The fourth-order valence-corrected chi connectivity index (χ4v) is 11.6.